The van der Waals surface area contributed by atoms with Crippen LogP contribution in [0.5, 0.6) is 0 Å². The lowest BCUT2D eigenvalue weighted by atomic mass is 10.1. The maximum absolute atomic E-state index is 15.8. The van der Waals surface area contributed by atoms with E-state index >= 15 is 4.39 Å². The van der Waals surface area contributed by atoms with Crippen molar-refractivity contribution in [1.29, 1.82) is 0 Å². The first-order chi connectivity index (χ1) is 18.5. The van der Waals surface area contributed by atoms with Crippen LogP contribution in [0.2, 0.25) is 0 Å². The van der Waals surface area contributed by atoms with E-state index in [1.807, 2.05) is 18.6 Å². The number of nitrogens with zero attached hydrogens (tertiary/aromatic N) is 3. The Balaban J connectivity index is 1.75. The molecule has 206 valence electrons. The summed E-state index contributed by atoms with van der Waals surface area (Å²) < 4.78 is 83.0. The van der Waals surface area contributed by atoms with E-state index in [0.717, 1.165) is 24.3 Å². The molecule has 0 spiro atoms. The molecular weight excluding hydrogens is 572 g/mol. The number of thiazole rings is 1. The first-order valence-corrected chi connectivity index (χ1v) is 15.6. The van der Waals surface area contributed by atoms with Gasteiger partial charge in [0.2, 0.25) is 5.95 Å². The van der Waals surface area contributed by atoms with Crippen LogP contribution in [0, 0.1) is 17.5 Å². The van der Waals surface area contributed by atoms with Gasteiger partial charge in [0.1, 0.15) is 17.4 Å². The zero-order valence-electron chi connectivity index (χ0n) is 21.0. The highest BCUT2D eigenvalue weighted by Gasteiger charge is 2.27. The summed E-state index contributed by atoms with van der Waals surface area (Å²) in [7, 11) is -4.80. The highest BCUT2D eigenvalue weighted by atomic mass is 32.2. The standard InChI is InChI=1S/C25H24F3N5O3S3/c1-14(2)24-32-21(22(37-24)19-10-11-29-25(31-19)30-12-13-38(3)34)15-6-4-9-18(20(15)28)33-39(35,36)23-16(26)7-5-8-17(23)27/h4-11,14,33H,12-13H2,1-3H3,(H,29,30,31). The Labute approximate surface area is 231 Å². The first-order valence-electron chi connectivity index (χ1n) is 11.6. The molecule has 0 aliphatic heterocycles. The third-order valence-corrected chi connectivity index (χ3v) is 8.96. The van der Waals surface area contributed by atoms with E-state index in [0.29, 0.717) is 27.9 Å². The van der Waals surface area contributed by atoms with E-state index in [1.54, 1.807) is 12.3 Å². The summed E-state index contributed by atoms with van der Waals surface area (Å²) >= 11 is 0.303. The van der Waals surface area contributed by atoms with E-state index in [-0.39, 0.29) is 23.1 Å². The van der Waals surface area contributed by atoms with Crippen LogP contribution in [0.4, 0.5) is 24.8 Å². The summed E-state index contributed by atoms with van der Waals surface area (Å²) in [5.41, 5.74) is 0.136. The number of sulfonamides is 1. The molecule has 0 bridgehead atoms. The molecule has 2 aromatic heterocycles. The quantitative estimate of drug-likeness (QED) is 0.236. The van der Waals surface area contributed by atoms with Gasteiger partial charge in [0, 0.05) is 17.7 Å². The van der Waals surface area contributed by atoms with Gasteiger partial charge in [-0.25, -0.2) is 36.5 Å². The van der Waals surface area contributed by atoms with Crippen LogP contribution in [0.25, 0.3) is 21.8 Å². The minimum absolute atomic E-state index is 0.00440. The van der Waals surface area contributed by atoms with E-state index < -0.39 is 49.2 Å². The lowest BCUT2D eigenvalue weighted by molar-refractivity contribution is 0.521. The number of hydrogen-bond acceptors (Lipinski definition) is 8. The number of anilines is 2. The maximum atomic E-state index is 15.8. The Kier molecular flexibility index (Phi) is 8.79. The molecule has 39 heavy (non-hydrogen) atoms. The molecule has 4 rings (SSSR count). The van der Waals surface area contributed by atoms with Crippen molar-refractivity contribution in [3.63, 3.8) is 0 Å². The Hall–Kier alpha value is -3.20. The second kappa shape index (κ2) is 11.9. The number of halogens is 3. The van der Waals surface area contributed by atoms with Crippen LogP contribution in [0.15, 0.2) is 53.6 Å². The van der Waals surface area contributed by atoms with Gasteiger partial charge in [0.05, 0.1) is 39.8 Å². The molecule has 0 radical (unpaired) electrons. The Bertz CT molecular complexity index is 1580. The lowest BCUT2D eigenvalue weighted by Crippen LogP contribution is -2.17. The molecule has 0 saturated carbocycles. The summed E-state index contributed by atoms with van der Waals surface area (Å²) in [4.78, 5) is 12.6. The van der Waals surface area contributed by atoms with Crippen LogP contribution < -0.4 is 10.0 Å². The fourth-order valence-corrected chi connectivity index (χ4v) is 6.19. The third kappa shape index (κ3) is 6.52. The van der Waals surface area contributed by atoms with Crippen LogP contribution >= 0.6 is 11.3 Å². The van der Waals surface area contributed by atoms with E-state index in [2.05, 4.69) is 20.3 Å². The molecule has 0 aliphatic carbocycles. The van der Waals surface area contributed by atoms with Crippen molar-refractivity contribution in [2.24, 2.45) is 0 Å². The van der Waals surface area contributed by atoms with Crippen LogP contribution in [0.3, 0.4) is 0 Å². The van der Waals surface area contributed by atoms with Gasteiger partial charge >= 0.3 is 0 Å². The minimum atomic E-state index is -4.80. The zero-order valence-corrected chi connectivity index (χ0v) is 23.5. The minimum Gasteiger partial charge on any atom is -0.617 e. The molecule has 1 unspecified atom stereocenters. The molecule has 0 fully saturated rings. The maximum Gasteiger partial charge on any atom is 0.267 e. The molecule has 2 heterocycles. The van der Waals surface area contributed by atoms with Gasteiger partial charge in [-0.2, -0.15) is 0 Å². The van der Waals surface area contributed by atoms with Gasteiger partial charge in [-0.05, 0) is 30.3 Å². The van der Waals surface area contributed by atoms with Crippen LogP contribution in [0.1, 0.15) is 24.8 Å². The second-order valence-corrected chi connectivity index (χ2v) is 12.9. The Morgan fingerprint density at radius 2 is 1.74 bits per heavy atom. The predicted molar refractivity (Wildman–Crippen MR) is 147 cm³/mol. The van der Waals surface area contributed by atoms with Gasteiger partial charge in [-0.3, -0.25) is 4.72 Å². The van der Waals surface area contributed by atoms with E-state index in [4.69, 9.17) is 0 Å². The number of aromatic nitrogens is 3. The molecule has 0 amide bonds. The smallest absolute Gasteiger partial charge is 0.267 e. The third-order valence-electron chi connectivity index (χ3n) is 5.38. The molecule has 1 atom stereocenters. The average Bonchev–Trinajstić information content (AvgIpc) is 3.31. The van der Waals surface area contributed by atoms with Gasteiger partial charge < -0.3 is 9.87 Å². The highest BCUT2D eigenvalue weighted by Crippen LogP contribution is 2.40. The van der Waals surface area contributed by atoms with Crippen molar-refractivity contribution in [3.8, 4) is 21.8 Å². The number of benzene rings is 2. The molecule has 4 aromatic rings. The Morgan fingerprint density at radius 3 is 2.41 bits per heavy atom. The van der Waals surface area contributed by atoms with Crippen LogP contribution in [-0.2, 0) is 21.2 Å². The monoisotopic (exact) mass is 595 g/mol. The van der Waals surface area contributed by atoms with Crippen molar-refractivity contribution in [3.05, 3.63) is 71.1 Å². The summed E-state index contributed by atoms with van der Waals surface area (Å²) in [6, 6.07) is 8.24. The number of rotatable bonds is 10. The molecule has 0 aliphatic rings. The van der Waals surface area contributed by atoms with Crippen molar-refractivity contribution in [2.45, 2.75) is 24.7 Å². The lowest BCUT2D eigenvalue weighted by Gasteiger charge is -2.12. The molecule has 8 nitrogen and oxygen atoms in total. The second-order valence-electron chi connectivity index (χ2n) is 8.68. The summed E-state index contributed by atoms with van der Waals surface area (Å²) in [5, 5.41) is 3.69. The fraction of sp³-hybridized carbons (Fsp3) is 0.240. The normalized spacial score (nSPS) is 12.5. The van der Waals surface area contributed by atoms with Gasteiger partial charge in [0.25, 0.3) is 10.0 Å². The Morgan fingerprint density at radius 1 is 1.05 bits per heavy atom. The van der Waals surface area contributed by atoms with Crippen LogP contribution in [-0.4, -0.2) is 46.5 Å². The van der Waals surface area contributed by atoms with Gasteiger partial charge in [-0.1, -0.05) is 37.2 Å². The van der Waals surface area contributed by atoms with Crippen molar-refractivity contribution in [2.75, 3.05) is 28.6 Å². The van der Waals surface area contributed by atoms with Crippen molar-refractivity contribution >= 4 is 44.2 Å². The van der Waals surface area contributed by atoms with Gasteiger partial charge in [-0.15, -0.1) is 11.3 Å². The largest absolute Gasteiger partial charge is 0.617 e. The van der Waals surface area contributed by atoms with Gasteiger partial charge in [0.15, 0.2) is 10.7 Å². The van der Waals surface area contributed by atoms with E-state index in [1.165, 1.54) is 29.7 Å². The summed E-state index contributed by atoms with van der Waals surface area (Å²) in [5.74, 6) is -2.90. The first kappa shape index (κ1) is 28.8. The molecule has 2 aromatic carbocycles. The molecule has 2 N–H and O–H groups in total. The number of hydrogen-bond donors (Lipinski definition) is 2. The summed E-state index contributed by atoms with van der Waals surface area (Å²) in [6.07, 6.45) is 3.11. The zero-order chi connectivity index (χ0) is 28.3. The molecule has 14 heteroatoms. The topological polar surface area (TPSA) is 120 Å². The highest BCUT2D eigenvalue weighted by molar-refractivity contribution is 7.92. The van der Waals surface area contributed by atoms with Crippen molar-refractivity contribution < 1.29 is 26.1 Å². The summed E-state index contributed by atoms with van der Waals surface area (Å²) in [6.45, 7) is 4.24. The molecular formula is C25H24F3N5O3S3. The average molecular weight is 596 g/mol. The van der Waals surface area contributed by atoms with E-state index in [9.17, 15) is 21.8 Å². The molecule has 0 saturated heterocycles. The SMILES string of the molecule is CC(C)c1nc(-c2cccc(NS(=O)(=O)c3c(F)cccc3F)c2F)c(-c2ccnc(NCC[S+](C)[O-])n2)s1. The predicted octanol–water partition coefficient (Wildman–Crippen LogP) is 5.40. The fourth-order valence-electron chi connectivity index (χ4n) is 3.55. The van der Waals surface area contributed by atoms with Crippen molar-refractivity contribution in [1.82, 2.24) is 15.0 Å². The number of nitrogens with one attached hydrogen (secondary N) is 2.